The van der Waals surface area contributed by atoms with Crippen molar-refractivity contribution in [2.24, 2.45) is 0 Å². The molecule has 0 amide bonds. The Morgan fingerprint density at radius 1 is 1.16 bits per heavy atom. The third kappa shape index (κ3) is 3.03. The summed E-state index contributed by atoms with van der Waals surface area (Å²) >= 11 is 5.83. The lowest BCUT2D eigenvalue weighted by Gasteiger charge is -2.08. The summed E-state index contributed by atoms with van der Waals surface area (Å²) in [7, 11) is 0. The van der Waals surface area contributed by atoms with E-state index >= 15 is 0 Å². The molecular formula is C14H12ClNO3. The minimum atomic E-state index is -0.541. The highest BCUT2D eigenvalue weighted by Crippen LogP contribution is 2.37. The average molecular weight is 278 g/mol. The van der Waals surface area contributed by atoms with Crippen molar-refractivity contribution in [3.8, 4) is 11.5 Å². The monoisotopic (exact) mass is 277 g/mol. The topological polar surface area (TPSA) is 52.4 Å². The summed E-state index contributed by atoms with van der Waals surface area (Å²) in [6.07, 6.45) is 0. The lowest BCUT2D eigenvalue weighted by Crippen LogP contribution is -1.94. The molecule has 0 aliphatic carbocycles. The summed E-state index contributed by atoms with van der Waals surface area (Å²) in [5, 5.41) is 11.1. The van der Waals surface area contributed by atoms with Gasteiger partial charge < -0.3 is 4.74 Å². The third-order valence-corrected chi connectivity index (χ3v) is 2.86. The number of ether oxygens (including phenoxy) is 1. The number of rotatable bonds is 3. The first-order chi connectivity index (χ1) is 8.97. The van der Waals surface area contributed by atoms with Crippen LogP contribution in [0.5, 0.6) is 11.5 Å². The third-order valence-electron chi connectivity index (χ3n) is 2.56. The maximum Gasteiger partial charge on any atom is 0.329 e. The largest absolute Gasteiger partial charge is 0.450 e. The lowest BCUT2D eigenvalue weighted by molar-refractivity contribution is -0.385. The molecule has 0 radical (unpaired) electrons. The minimum absolute atomic E-state index is 0.0619. The quantitative estimate of drug-likeness (QED) is 0.606. The van der Waals surface area contributed by atoms with Gasteiger partial charge in [0.25, 0.3) is 0 Å². The van der Waals surface area contributed by atoms with Gasteiger partial charge in [0.15, 0.2) is 0 Å². The molecule has 0 saturated heterocycles. The molecule has 0 saturated carbocycles. The highest BCUT2D eigenvalue weighted by Gasteiger charge is 2.20. The van der Waals surface area contributed by atoms with Crippen LogP contribution in [0.3, 0.4) is 0 Å². The summed E-state index contributed by atoms with van der Waals surface area (Å²) < 4.78 is 5.59. The van der Waals surface area contributed by atoms with Crippen molar-refractivity contribution < 1.29 is 9.66 Å². The maximum atomic E-state index is 11.0. The second-order valence-electron chi connectivity index (χ2n) is 4.27. The molecule has 0 fully saturated rings. The Morgan fingerprint density at radius 3 is 2.37 bits per heavy atom. The SMILES string of the molecule is Cc1cc(C)cc(Oc2cccc(Cl)c2[N+](=O)[O-])c1. The molecule has 2 aromatic carbocycles. The molecule has 98 valence electrons. The van der Waals surface area contributed by atoms with Crippen LogP contribution in [0.1, 0.15) is 11.1 Å². The molecule has 0 aliphatic rings. The van der Waals surface area contributed by atoms with Gasteiger partial charge in [-0.2, -0.15) is 0 Å². The van der Waals surface area contributed by atoms with Crippen molar-refractivity contribution in [1.82, 2.24) is 0 Å². The van der Waals surface area contributed by atoms with Crippen molar-refractivity contribution in [3.05, 3.63) is 62.7 Å². The molecule has 0 heterocycles. The van der Waals surface area contributed by atoms with Gasteiger partial charge in [0.05, 0.1) is 4.92 Å². The number of halogens is 1. The normalized spacial score (nSPS) is 10.3. The minimum Gasteiger partial charge on any atom is -0.450 e. The molecule has 0 aromatic heterocycles. The van der Waals surface area contributed by atoms with Gasteiger partial charge in [0.2, 0.25) is 5.75 Å². The van der Waals surface area contributed by atoms with Crippen molar-refractivity contribution in [3.63, 3.8) is 0 Å². The zero-order chi connectivity index (χ0) is 14.0. The Labute approximate surface area is 115 Å². The van der Waals surface area contributed by atoms with Crippen LogP contribution in [-0.2, 0) is 0 Å². The number of hydrogen-bond donors (Lipinski definition) is 0. The zero-order valence-electron chi connectivity index (χ0n) is 10.5. The summed E-state index contributed by atoms with van der Waals surface area (Å²) in [5.41, 5.74) is 1.84. The van der Waals surface area contributed by atoms with Crippen LogP contribution in [0, 0.1) is 24.0 Å². The molecule has 4 nitrogen and oxygen atoms in total. The van der Waals surface area contributed by atoms with Gasteiger partial charge in [0.1, 0.15) is 10.8 Å². The van der Waals surface area contributed by atoms with E-state index in [4.69, 9.17) is 16.3 Å². The van der Waals surface area contributed by atoms with E-state index in [0.717, 1.165) is 11.1 Å². The summed E-state index contributed by atoms with van der Waals surface area (Å²) in [6.45, 7) is 3.87. The van der Waals surface area contributed by atoms with Gasteiger partial charge >= 0.3 is 5.69 Å². The van der Waals surface area contributed by atoms with Crippen LogP contribution in [-0.4, -0.2) is 4.92 Å². The first-order valence-electron chi connectivity index (χ1n) is 5.66. The van der Waals surface area contributed by atoms with Crippen LogP contribution in [0.15, 0.2) is 36.4 Å². The van der Waals surface area contributed by atoms with Crippen molar-refractivity contribution in [2.45, 2.75) is 13.8 Å². The Balaban J connectivity index is 2.43. The fraction of sp³-hybridized carbons (Fsp3) is 0.143. The second kappa shape index (κ2) is 5.28. The first kappa shape index (κ1) is 13.4. The highest BCUT2D eigenvalue weighted by molar-refractivity contribution is 6.32. The fourth-order valence-electron chi connectivity index (χ4n) is 1.87. The molecule has 19 heavy (non-hydrogen) atoms. The van der Waals surface area contributed by atoms with E-state index in [-0.39, 0.29) is 16.5 Å². The lowest BCUT2D eigenvalue weighted by atomic mass is 10.1. The molecule has 5 heteroatoms. The van der Waals surface area contributed by atoms with E-state index in [1.807, 2.05) is 32.0 Å². The van der Waals surface area contributed by atoms with Crippen molar-refractivity contribution in [1.29, 1.82) is 0 Å². The molecule has 0 N–H and O–H groups in total. The van der Waals surface area contributed by atoms with Crippen LogP contribution >= 0.6 is 11.6 Å². The Morgan fingerprint density at radius 2 is 1.79 bits per heavy atom. The Hall–Kier alpha value is -2.07. The number of nitro groups is 1. The van der Waals surface area contributed by atoms with E-state index in [0.29, 0.717) is 5.75 Å². The summed E-state index contributed by atoms with van der Waals surface area (Å²) in [4.78, 5) is 10.5. The number of nitrogens with zero attached hydrogens (tertiary/aromatic N) is 1. The summed E-state index contributed by atoms with van der Waals surface area (Å²) in [5.74, 6) is 0.699. The van der Waals surface area contributed by atoms with E-state index in [9.17, 15) is 10.1 Å². The van der Waals surface area contributed by atoms with Crippen LogP contribution in [0.4, 0.5) is 5.69 Å². The second-order valence-corrected chi connectivity index (χ2v) is 4.68. The van der Waals surface area contributed by atoms with Gasteiger partial charge in [-0.25, -0.2) is 0 Å². The van der Waals surface area contributed by atoms with Gasteiger partial charge in [0, 0.05) is 0 Å². The van der Waals surface area contributed by atoms with Crippen LogP contribution in [0.25, 0.3) is 0 Å². The molecule has 2 aromatic rings. The predicted octanol–water partition coefficient (Wildman–Crippen LogP) is 4.66. The average Bonchev–Trinajstić information content (AvgIpc) is 2.26. The van der Waals surface area contributed by atoms with E-state index < -0.39 is 4.92 Å². The van der Waals surface area contributed by atoms with Crippen molar-refractivity contribution >= 4 is 17.3 Å². The summed E-state index contributed by atoms with van der Waals surface area (Å²) in [6, 6.07) is 10.2. The van der Waals surface area contributed by atoms with E-state index in [1.165, 1.54) is 12.1 Å². The number of nitro benzene ring substituents is 1. The Kier molecular flexibility index (Phi) is 3.71. The van der Waals surface area contributed by atoms with E-state index in [2.05, 4.69) is 0 Å². The van der Waals surface area contributed by atoms with Crippen LogP contribution < -0.4 is 4.74 Å². The number of aryl methyl sites for hydroxylation is 2. The molecule has 0 aliphatic heterocycles. The highest BCUT2D eigenvalue weighted by atomic mass is 35.5. The zero-order valence-corrected chi connectivity index (χ0v) is 11.3. The van der Waals surface area contributed by atoms with Crippen molar-refractivity contribution in [2.75, 3.05) is 0 Å². The fourth-order valence-corrected chi connectivity index (χ4v) is 2.11. The Bertz CT molecular complexity index is 620. The molecular weight excluding hydrogens is 266 g/mol. The number of para-hydroxylation sites is 1. The molecule has 0 unspecified atom stereocenters. The molecule has 0 bridgehead atoms. The number of hydrogen-bond acceptors (Lipinski definition) is 3. The van der Waals surface area contributed by atoms with Crippen LogP contribution in [0.2, 0.25) is 5.02 Å². The number of benzene rings is 2. The maximum absolute atomic E-state index is 11.0. The first-order valence-corrected chi connectivity index (χ1v) is 6.04. The van der Waals surface area contributed by atoms with Gasteiger partial charge in [-0.1, -0.05) is 23.7 Å². The van der Waals surface area contributed by atoms with Gasteiger partial charge in [-0.15, -0.1) is 0 Å². The molecule has 0 spiro atoms. The standard InChI is InChI=1S/C14H12ClNO3/c1-9-6-10(2)8-11(7-9)19-13-5-3-4-12(15)14(13)16(17)18/h3-8H,1-2H3. The predicted molar refractivity (Wildman–Crippen MR) is 74.1 cm³/mol. The molecule has 0 atom stereocenters. The van der Waals surface area contributed by atoms with E-state index in [1.54, 1.807) is 6.07 Å². The van der Waals surface area contributed by atoms with Gasteiger partial charge in [-0.3, -0.25) is 10.1 Å². The molecule has 2 rings (SSSR count). The smallest absolute Gasteiger partial charge is 0.329 e. The van der Waals surface area contributed by atoms with Gasteiger partial charge in [-0.05, 0) is 49.2 Å².